The Morgan fingerprint density at radius 3 is 2.28 bits per heavy atom. The number of hydrogen-bond acceptors (Lipinski definition) is 5. The lowest BCUT2D eigenvalue weighted by Gasteiger charge is -2.34. The number of hydrogen-bond donors (Lipinski definition) is 2. The first-order valence-corrected chi connectivity index (χ1v) is 10.1. The molecule has 1 aliphatic heterocycles. The molecule has 1 amide bonds. The van der Waals surface area contributed by atoms with Crippen LogP contribution in [0.5, 0.6) is 17.2 Å². The molecule has 8 heteroatoms. The minimum absolute atomic E-state index is 0.115. The largest absolute Gasteiger partial charge is 0.496 e. The van der Waals surface area contributed by atoms with E-state index in [0.717, 1.165) is 44.0 Å². The molecule has 2 rings (SSSR count). The van der Waals surface area contributed by atoms with Gasteiger partial charge in [0.15, 0.2) is 17.5 Å². The van der Waals surface area contributed by atoms with Crippen LogP contribution in [0.2, 0.25) is 0 Å². The molecule has 1 aliphatic rings. The van der Waals surface area contributed by atoms with Crippen molar-refractivity contribution in [3.63, 3.8) is 0 Å². The molecule has 8 nitrogen and oxygen atoms in total. The van der Waals surface area contributed by atoms with Gasteiger partial charge in [-0.2, -0.15) is 0 Å². The number of rotatable bonds is 8. The van der Waals surface area contributed by atoms with E-state index in [-0.39, 0.29) is 5.91 Å². The molecular weight excluding hydrogens is 372 g/mol. The molecule has 0 atom stereocenters. The second-order valence-corrected chi connectivity index (χ2v) is 7.00. The summed E-state index contributed by atoms with van der Waals surface area (Å²) in [4.78, 5) is 18.7. The van der Waals surface area contributed by atoms with E-state index in [2.05, 4.69) is 22.5 Å². The summed E-state index contributed by atoms with van der Waals surface area (Å²) in [5.41, 5.74) is 0.926. The lowest BCUT2D eigenvalue weighted by molar-refractivity contribution is -0.121. The molecule has 0 aromatic heterocycles. The molecule has 162 valence electrons. The number of aliphatic imine (C=N–C) groups is 1. The van der Waals surface area contributed by atoms with Crippen molar-refractivity contribution in [1.29, 1.82) is 0 Å². The SMILES string of the molecule is CCNC(=NCc1cc(OC)c(OC)cc1OC)N1CCC(CC(=O)NC)CC1. The molecule has 0 unspecified atom stereocenters. The van der Waals surface area contributed by atoms with Gasteiger partial charge in [0.1, 0.15) is 5.75 Å². The predicted molar refractivity (Wildman–Crippen MR) is 114 cm³/mol. The van der Waals surface area contributed by atoms with Gasteiger partial charge in [0.2, 0.25) is 5.91 Å². The molecule has 1 saturated heterocycles. The van der Waals surface area contributed by atoms with E-state index < -0.39 is 0 Å². The zero-order valence-electron chi connectivity index (χ0n) is 18.2. The fraction of sp³-hybridized carbons (Fsp3) is 0.619. The highest BCUT2D eigenvalue weighted by molar-refractivity contribution is 5.80. The zero-order valence-corrected chi connectivity index (χ0v) is 18.2. The molecule has 0 bridgehead atoms. The number of nitrogens with zero attached hydrogens (tertiary/aromatic N) is 2. The standard InChI is InChI=1S/C21H34N4O4/c1-6-23-21(25-9-7-15(8-10-25)11-20(26)22-2)24-14-16-12-18(28-4)19(29-5)13-17(16)27-3/h12-13,15H,6-11,14H2,1-5H3,(H,22,26)(H,23,24). The maximum Gasteiger partial charge on any atom is 0.220 e. The van der Waals surface area contributed by atoms with Crippen molar-refractivity contribution < 1.29 is 19.0 Å². The van der Waals surface area contributed by atoms with Crippen molar-refractivity contribution >= 4 is 11.9 Å². The van der Waals surface area contributed by atoms with E-state index in [1.54, 1.807) is 28.4 Å². The van der Waals surface area contributed by atoms with E-state index in [0.29, 0.717) is 36.1 Å². The van der Waals surface area contributed by atoms with Crippen LogP contribution >= 0.6 is 0 Å². The molecule has 29 heavy (non-hydrogen) atoms. The van der Waals surface area contributed by atoms with Crippen LogP contribution in [0.3, 0.4) is 0 Å². The van der Waals surface area contributed by atoms with E-state index in [1.165, 1.54) is 0 Å². The third-order valence-corrected chi connectivity index (χ3v) is 5.19. The van der Waals surface area contributed by atoms with Gasteiger partial charge in [-0.15, -0.1) is 0 Å². The van der Waals surface area contributed by atoms with Crippen LogP contribution in [-0.4, -0.2) is 64.8 Å². The normalized spacial score (nSPS) is 15.1. The Kier molecular flexibility index (Phi) is 8.89. The van der Waals surface area contributed by atoms with Crippen LogP contribution in [0.25, 0.3) is 0 Å². The number of methoxy groups -OCH3 is 3. The van der Waals surface area contributed by atoms with Gasteiger partial charge in [0.25, 0.3) is 0 Å². The van der Waals surface area contributed by atoms with Crippen molar-refractivity contribution in [3.05, 3.63) is 17.7 Å². The smallest absolute Gasteiger partial charge is 0.220 e. The predicted octanol–water partition coefficient (Wildman–Crippen LogP) is 2.03. The molecule has 1 aromatic carbocycles. The third kappa shape index (κ3) is 6.17. The number of piperidine rings is 1. The van der Waals surface area contributed by atoms with E-state index in [4.69, 9.17) is 19.2 Å². The van der Waals surface area contributed by atoms with Crippen molar-refractivity contribution in [2.45, 2.75) is 32.7 Å². The highest BCUT2D eigenvalue weighted by Gasteiger charge is 2.23. The fourth-order valence-electron chi connectivity index (χ4n) is 3.52. The van der Waals surface area contributed by atoms with Gasteiger partial charge in [-0.05, 0) is 31.7 Å². The Hall–Kier alpha value is -2.64. The minimum Gasteiger partial charge on any atom is -0.496 e. The summed E-state index contributed by atoms with van der Waals surface area (Å²) in [7, 11) is 6.54. The van der Waals surface area contributed by atoms with Crippen molar-refractivity contribution in [3.8, 4) is 17.2 Å². The number of ether oxygens (including phenoxy) is 3. The Bertz CT molecular complexity index is 700. The van der Waals surface area contributed by atoms with Gasteiger partial charge in [-0.1, -0.05) is 0 Å². The molecule has 1 heterocycles. The van der Waals surface area contributed by atoms with Gasteiger partial charge in [0, 0.05) is 44.7 Å². The fourth-order valence-corrected chi connectivity index (χ4v) is 3.52. The number of carbonyl (C=O) groups is 1. The monoisotopic (exact) mass is 406 g/mol. The van der Waals surface area contributed by atoms with E-state index in [9.17, 15) is 4.79 Å². The average Bonchev–Trinajstić information content (AvgIpc) is 2.76. The second kappa shape index (κ2) is 11.4. The lowest BCUT2D eigenvalue weighted by Crippen LogP contribution is -2.46. The molecule has 0 aliphatic carbocycles. The number of amides is 1. The molecular formula is C21H34N4O4. The maximum absolute atomic E-state index is 11.6. The first-order chi connectivity index (χ1) is 14.1. The Balaban J connectivity index is 2.11. The first-order valence-electron chi connectivity index (χ1n) is 10.1. The Morgan fingerprint density at radius 1 is 1.10 bits per heavy atom. The van der Waals surface area contributed by atoms with Crippen LogP contribution < -0.4 is 24.8 Å². The van der Waals surface area contributed by atoms with Gasteiger partial charge in [0.05, 0.1) is 27.9 Å². The molecule has 0 saturated carbocycles. The van der Waals surface area contributed by atoms with E-state index >= 15 is 0 Å². The maximum atomic E-state index is 11.6. The zero-order chi connectivity index (χ0) is 21.2. The minimum atomic E-state index is 0.115. The van der Waals surface area contributed by atoms with Gasteiger partial charge >= 0.3 is 0 Å². The summed E-state index contributed by atoms with van der Waals surface area (Å²) in [6, 6.07) is 3.72. The van der Waals surface area contributed by atoms with Crippen molar-refractivity contribution in [1.82, 2.24) is 15.5 Å². The number of carbonyl (C=O) groups excluding carboxylic acids is 1. The molecule has 1 aromatic rings. The van der Waals surface area contributed by atoms with Crippen LogP contribution in [0.1, 0.15) is 31.7 Å². The van der Waals surface area contributed by atoms with Crippen LogP contribution in [0, 0.1) is 5.92 Å². The summed E-state index contributed by atoms with van der Waals surface area (Å²) in [6.45, 7) is 5.09. The summed E-state index contributed by atoms with van der Waals surface area (Å²) in [5, 5.41) is 6.09. The molecule has 0 radical (unpaired) electrons. The number of benzene rings is 1. The number of guanidine groups is 1. The van der Waals surface area contributed by atoms with E-state index in [1.807, 2.05) is 12.1 Å². The molecule has 0 spiro atoms. The lowest BCUT2D eigenvalue weighted by atomic mass is 9.93. The first kappa shape index (κ1) is 22.6. The highest BCUT2D eigenvalue weighted by atomic mass is 16.5. The summed E-state index contributed by atoms with van der Waals surface area (Å²) in [5.74, 6) is 3.42. The number of likely N-dealkylation sites (tertiary alicyclic amines) is 1. The Morgan fingerprint density at radius 2 is 1.72 bits per heavy atom. The summed E-state index contributed by atoms with van der Waals surface area (Å²) in [6.07, 6.45) is 2.57. The topological polar surface area (TPSA) is 84.4 Å². The van der Waals surface area contributed by atoms with Gasteiger partial charge < -0.3 is 29.7 Å². The molecule has 1 fully saturated rings. The van der Waals surface area contributed by atoms with Crippen LogP contribution in [0.15, 0.2) is 17.1 Å². The third-order valence-electron chi connectivity index (χ3n) is 5.19. The van der Waals surface area contributed by atoms with Gasteiger partial charge in [-0.25, -0.2) is 4.99 Å². The van der Waals surface area contributed by atoms with Crippen molar-refractivity contribution in [2.75, 3.05) is 48.0 Å². The second-order valence-electron chi connectivity index (χ2n) is 7.00. The number of nitrogens with one attached hydrogen (secondary N) is 2. The average molecular weight is 407 g/mol. The quantitative estimate of drug-likeness (QED) is 0.508. The molecule has 2 N–H and O–H groups in total. The summed E-state index contributed by atoms with van der Waals surface area (Å²) < 4.78 is 16.3. The highest BCUT2D eigenvalue weighted by Crippen LogP contribution is 2.35. The van der Waals surface area contributed by atoms with Crippen LogP contribution in [-0.2, 0) is 11.3 Å². The van der Waals surface area contributed by atoms with Gasteiger partial charge in [-0.3, -0.25) is 4.79 Å². The Labute approximate surface area is 173 Å². The summed E-state index contributed by atoms with van der Waals surface area (Å²) >= 11 is 0. The van der Waals surface area contributed by atoms with Crippen molar-refractivity contribution in [2.24, 2.45) is 10.9 Å². The van der Waals surface area contributed by atoms with Crippen LogP contribution in [0.4, 0.5) is 0 Å².